The maximum Gasteiger partial charge on any atom is 0.214 e. The molecule has 7 heteroatoms. The van der Waals surface area contributed by atoms with Gasteiger partial charge in [-0.05, 0) is 38.0 Å². The maximum atomic E-state index is 6.11. The van der Waals surface area contributed by atoms with Gasteiger partial charge in [-0.15, -0.1) is 0 Å². The first kappa shape index (κ1) is 15.1. The number of fused-ring (bicyclic) bond motifs is 2. The van der Waals surface area contributed by atoms with Crippen LogP contribution in [-0.4, -0.2) is 30.8 Å². The van der Waals surface area contributed by atoms with E-state index in [4.69, 9.17) is 15.6 Å². The van der Waals surface area contributed by atoms with Crippen LogP contribution >= 0.6 is 0 Å². The largest absolute Gasteiger partial charge is 0.474 e. The Hall–Kier alpha value is -3.22. The first-order valence-electron chi connectivity index (χ1n) is 8.78. The molecule has 7 nitrogen and oxygen atoms in total. The Balaban J connectivity index is 1.63. The number of nitrogens with two attached hydrogens (primary N) is 1. The SMILES string of the molecule is CCn1nc(-c2ccc3nc(OC4CC4)ccc3c2)c2c(N)ncnc21. The van der Waals surface area contributed by atoms with Gasteiger partial charge in [-0.3, -0.25) is 0 Å². The summed E-state index contributed by atoms with van der Waals surface area (Å²) in [6.07, 6.45) is 4.05. The van der Waals surface area contributed by atoms with Gasteiger partial charge in [-0.25, -0.2) is 19.6 Å². The van der Waals surface area contributed by atoms with E-state index < -0.39 is 0 Å². The standard InChI is InChI=1S/C19H18N6O/c1-2-25-19-16(18(20)21-10-22-19)17(24-25)12-3-7-14-11(9-12)4-8-15(23-14)26-13-5-6-13/h3-4,7-10,13H,2,5-6H2,1H3,(H2,20,21,22). The van der Waals surface area contributed by atoms with Crippen LogP contribution in [-0.2, 0) is 6.54 Å². The number of ether oxygens (including phenoxy) is 1. The van der Waals surface area contributed by atoms with Gasteiger partial charge in [0, 0.05) is 23.6 Å². The number of anilines is 1. The molecular formula is C19H18N6O. The summed E-state index contributed by atoms with van der Waals surface area (Å²) >= 11 is 0. The van der Waals surface area contributed by atoms with Crippen molar-refractivity contribution in [3.05, 3.63) is 36.7 Å². The van der Waals surface area contributed by atoms with Gasteiger partial charge < -0.3 is 10.5 Å². The highest BCUT2D eigenvalue weighted by Gasteiger charge is 2.24. The van der Waals surface area contributed by atoms with Crippen molar-refractivity contribution in [2.45, 2.75) is 32.4 Å². The summed E-state index contributed by atoms with van der Waals surface area (Å²) in [5.74, 6) is 1.13. The van der Waals surface area contributed by atoms with Crippen LogP contribution in [0, 0.1) is 0 Å². The van der Waals surface area contributed by atoms with Crippen molar-refractivity contribution in [2.24, 2.45) is 0 Å². The molecule has 130 valence electrons. The zero-order valence-electron chi connectivity index (χ0n) is 14.4. The molecule has 1 aliphatic rings. The van der Waals surface area contributed by atoms with E-state index in [9.17, 15) is 0 Å². The Kier molecular flexibility index (Phi) is 3.28. The number of benzene rings is 1. The Morgan fingerprint density at radius 2 is 2.08 bits per heavy atom. The molecule has 1 aliphatic carbocycles. The number of pyridine rings is 1. The van der Waals surface area contributed by atoms with Gasteiger partial charge >= 0.3 is 0 Å². The number of hydrogen-bond acceptors (Lipinski definition) is 6. The number of hydrogen-bond donors (Lipinski definition) is 1. The topological polar surface area (TPSA) is 91.7 Å². The van der Waals surface area contributed by atoms with Crippen LogP contribution in [0.5, 0.6) is 5.88 Å². The molecule has 3 aromatic heterocycles. The molecule has 0 atom stereocenters. The molecule has 1 saturated carbocycles. The number of nitrogen functional groups attached to an aromatic ring is 1. The van der Waals surface area contributed by atoms with Gasteiger partial charge in [0.05, 0.1) is 10.9 Å². The average Bonchev–Trinajstić information content (AvgIpc) is 3.39. The summed E-state index contributed by atoms with van der Waals surface area (Å²) in [5.41, 5.74) is 9.52. The highest BCUT2D eigenvalue weighted by molar-refractivity contribution is 5.99. The lowest BCUT2D eigenvalue weighted by molar-refractivity contribution is 0.292. The molecule has 1 aromatic carbocycles. The van der Waals surface area contributed by atoms with E-state index >= 15 is 0 Å². The molecule has 3 heterocycles. The molecule has 0 bridgehead atoms. The number of aryl methyl sites for hydroxylation is 1. The Morgan fingerprint density at radius 3 is 2.88 bits per heavy atom. The summed E-state index contributed by atoms with van der Waals surface area (Å²) in [6.45, 7) is 2.74. The van der Waals surface area contributed by atoms with Crippen LogP contribution < -0.4 is 10.5 Å². The normalized spacial score (nSPS) is 14.2. The number of aromatic nitrogens is 5. The van der Waals surface area contributed by atoms with Crippen molar-refractivity contribution in [1.29, 1.82) is 0 Å². The maximum absolute atomic E-state index is 6.11. The van der Waals surface area contributed by atoms with Crippen molar-refractivity contribution in [1.82, 2.24) is 24.7 Å². The third kappa shape index (κ3) is 2.44. The van der Waals surface area contributed by atoms with Crippen LogP contribution in [0.2, 0.25) is 0 Å². The summed E-state index contributed by atoms with van der Waals surface area (Å²) in [5, 5.41) is 6.52. The quantitative estimate of drug-likeness (QED) is 0.610. The Bertz CT molecular complexity index is 1130. The van der Waals surface area contributed by atoms with Crippen LogP contribution in [0.1, 0.15) is 19.8 Å². The van der Waals surface area contributed by atoms with E-state index in [2.05, 4.69) is 21.0 Å². The van der Waals surface area contributed by atoms with E-state index in [1.54, 1.807) is 0 Å². The minimum absolute atomic E-state index is 0.339. The van der Waals surface area contributed by atoms with Gasteiger partial charge in [0.2, 0.25) is 5.88 Å². The van der Waals surface area contributed by atoms with Crippen molar-refractivity contribution in [2.75, 3.05) is 5.73 Å². The Morgan fingerprint density at radius 1 is 1.19 bits per heavy atom. The molecule has 26 heavy (non-hydrogen) atoms. The highest BCUT2D eigenvalue weighted by Crippen LogP contribution is 2.32. The molecular weight excluding hydrogens is 328 g/mol. The van der Waals surface area contributed by atoms with Crippen molar-refractivity contribution >= 4 is 27.8 Å². The first-order valence-corrected chi connectivity index (χ1v) is 8.78. The summed E-state index contributed by atoms with van der Waals surface area (Å²) < 4.78 is 7.62. The summed E-state index contributed by atoms with van der Waals surface area (Å²) in [7, 11) is 0. The second kappa shape index (κ2) is 5.66. The smallest absolute Gasteiger partial charge is 0.214 e. The van der Waals surface area contributed by atoms with Crippen molar-refractivity contribution < 1.29 is 4.74 Å². The molecule has 5 rings (SSSR count). The fraction of sp³-hybridized carbons (Fsp3) is 0.263. The number of nitrogens with zero attached hydrogens (tertiary/aromatic N) is 5. The molecule has 0 aliphatic heterocycles. The highest BCUT2D eigenvalue weighted by atomic mass is 16.5. The second-order valence-electron chi connectivity index (χ2n) is 6.50. The lowest BCUT2D eigenvalue weighted by Crippen LogP contribution is -1.98. The minimum atomic E-state index is 0.339. The van der Waals surface area contributed by atoms with E-state index in [-0.39, 0.29) is 0 Å². The van der Waals surface area contributed by atoms with E-state index in [0.29, 0.717) is 24.3 Å². The summed E-state index contributed by atoms with van der Waals surface area (Å²) in [6, 6.07) is 10.0. The lowest BCUT2D eigenvalue weighted by Gasteiger charge is -2.06. The molecule has 0 radical (unpaired) electrons. The van der Waals surface area contributed by atoms with Crippen LogP contribution in [0.15, 0.2) is 36.7 Å². The van der Waals surface area contributed by atoms with Gasteiger partial charge in [0.25, 0.3) is 0 Å². The lowest BCUT2D eigenvalue weighted by atomic mass is 10.1. The zero-order chi connectivity index (χ0) is 17.7. The third-order valence-corrected chi connectivity index (χ3v) is 4.61. The fourth-order valence-electron chi connectivity index (χ4n) is 3.13. The van der Waals surface area contributed by atoms with Crippen molar-refractivity contribution in [3.8, 4) is 17.1 Å². The zero-order valence-corrected chi connectivity index (χ0v) is 14.4. The molecule has 4 aromatic rings. The average molecular weight is 346 g/mol. The van der Waals surface area contributed by atoms with Gasteiger partial charge in [0.1, 0.15) is 23.9 Å². The van der Waals surface area contributed by atoms with Crippen LogP contribution in [0.3, 0.4) is 0 Å². The number of rotatable bonds is 4. The van der Waals surface area contributed by atoms with Gasteiger partial charge in [-0.2, -0.15) is 5.10 Å². The van der Waals surface area contributed by atoms with Gasteiger partial charge in [-0.1, -0.05) is 6.07 Å². The fourth-order valence-corrected chi connectivity index (χ4v) is 3.13. The molecule has 0 spiro atoms. The molecule has 1 fully saturated rings. The van der Waals surface area contributed by atoms with E-state index in [0.717, 1.165) is 46.0 Å². The monoisotopic (exact) mass is 346 g/mol. The van der Waals surface area contributed by atoms with Crippen LogP contribution in [0.25, 0.3) is 33.2 Å². The molecule has 0 saturated heterocycles. The third-order valence-electron chi connectivity index (χ3n) is 4.61. The Labute approximate surface area is 149 Å². The molecule has 2 N–H and O–H groups in total. The molecule has 0 amide bonds. The van der Waals surface area contributed by atoms with Crippen molar-refractivity contribution in [3.63, 3.8) is 0 Å². The van der Waals surface area contributed by atoms with Gasteiger partial charge in [0.15, 0.2) is 5.65 Å². The van der Waals surface area contributed by atoms with Crippen LogP contribution in [0.4, 0.5) is 5.82 Å². The first-order chi connectivity index (χ1) is 12.7. The molecule has 0 unspecified atom stereocenters. The predicted molar refractivity (Wildman–Crippen MR) is 99.8 cm³/mol. The summed E-state index contributed by atoms with van der Waals surface area (Å²) in [4.78, 5) is 13.1. The van der Waals surface area contributed by atoms with E-state index in [1.165, 1.54) is 6.33 Å². The van der Waals surface area contributed by atoms with E-state index in [1.807, 2.05) is 35.9 Å². The second-order valence-corrected chi connectivity index (χ2v) is 6.50. The predicted octanol–water partition coefficient (Wildman–Crippen LogP) is 3.18. The minimum Gasteiger partial charge on any atom is -0.474 e.